The summed E-state index contributed by atoms with van der Waals surface area (Å²) < 4.78 is 0. The Kier molecular flexibility index (Phi) is 9.58. The molecule has 0 spiro atoms. The van der Waals surface area contributed by atoms with Gasteiger partial charge in [-0.15, -0.1) is 0 Å². The quantitative estimate of drug-likeness (QED) is 0.465. The van der Waals surface area contributed by atoms with Crippen molar-refractivity contribution in [3.8, 4) is 0 Å². The first-order chi connectivity index (χ1) is 15.0. The zero-order valence-electron chi connectivity index (χ0n) is 22.1. The Labute approximate surface area is 198 Å². The molecule has 1 N–H and O–H groups in total. The number of carbonyl (C=O) groups is 1. The van der Waals surface area contributed by atoms with Gasteiger partial charge in [0.25, 0.3) is 0 Å². The normalized spacial score (nSPS) is 34.1. The number of carbonyl (C=O) groups excluding carboxylic acids is 1. The number of rotatable bonds is 5. The van der Waals surface area contributed by atoms with Crippen LogP contribution < -0.4 is 0 Å². The molecular formula is C30H50O2. The molecule has 0 amide bonds. The van der Waals surface area contributed by atoms with Gasteiger partial charge in [0.05, 0.1) is 6.10 Å². The van der Waals surface area contributed by atoms with Crippen LogP contribution in [0.1, 0.15) is 113 Å². The summed E-state index contributed by atoms with van der Waals surface area (Å²) in [5.74, 6) is 2.41. The molecule has 3 fully saturated rings. The molecule has 0 bridgehead atoms. The summed E-state index contributed by atoms with van der Waals surface area (Å²) >= 11 is 0. The van der Waals surface area contributed by atoms with E-state index >= 15 is 0 Å². The first kappa shape index (κ1) is 27.1. The SMILES string of the molecule is C=C1/C(=C\C=C2/CCC[C@]3(C)[C@@H]([C@H](C)CCC(=O)C(C)(C)C)CC[C@@H]23)CCCC1O.CC. The average molecular weight is 443 g/mol. The standard InChI is InChI=1S/C28H44O2.C2H6/c1-19(12-17-26(30)27(3,4)5)23-15-16-24-22(10-8-18-28(23,24)6)14-13-21-9-7-11-25(29)20(21)2;1-2/h13-14,19,23-25,29H,2,7-12,15-18H2,1,3-6H3;1-2H3/b21-13-,22-14+;/t19-,23-,24+,25?,28-;/m1./s1. The second kappa shape index (κ2) is 11.3. The second-order valence-corrected chi connectivity index (χ2v) is 11.7. The molecule has 3 saturated carbocycles. The van der Waals surface area contributed by atoms with Gasteiger partial charge in [0.15, 0.2) is 0 Å². The molecule has 0 radical (unpaired) electrons. The number of fused-ring (bicyclic) bond motifs is 1. The summed E-state index contributed by atoms with van der Waals surface area (Å²) in [6.45, 7) is 19.2. The minimum atomic E-state index is -0.354. The van der Waals surface area contributed by atoms with E-state index in [0.717, 1.165) is 43.6 Å². The maximum atomic E-state index is 12.4. The maximum absolute atomic E-state index is 12.4. The van der Waals surface area contributed by atoms with Crippen LogP contribution in [0.15, 0.2) is 35.5 Å². The van der Waals surface area contributed by atoms with Crippen LogP contribution in [-0.4, -0.2) is 17.0 Å². The largest absolute Gasteiger partial charge is 0.388 e. The van der Waals surface area contributed by atoms with E-state index in [1.807, 2.05) is 34.6 Å². The van der Waals surface area contributed by atoms with Crippen molar-refractivity contribution in [2.75, 3.05) is 0 Å². The lowest BCUT2D eigenvalue weighted by atomic mass is 9.60. The number of Topliss-reactive ketones (excluding diaryl/α,β-unsaturated/α-hetero) is 1. The second-order valence-electron chi connectivity index (χ2n) is 11.7. The van der Waals surface area contributed by atoms with Crippen molar-refractivity contribution in [1.29, 1.82) is 0 Å². The lowest BCUT2D eigenvalue weighted by molar-refractivity contribution is -0.126. The summed E-state index contributed by atoms with van der Waals surface area (Å²) in [6, 6.07) is 0. The highest BCUT2D eigenvalue weighted by atomic mass is 16.3. The fourth-order valence-electron chi connectivity index (χ4n) is 6.58. The van der Waals surface area contributed by atoms with E-state index in [2.05, 4.69) is 32.6 Å². The molecule has 3 aliphatic rings. The van der Waals surface area contributed by atoms with Crippen molar-refractivity contribution in [1.82, 2.24) is 0 Å². The number of hydrogen-bond donors (Lipinski definition) is 1. The third kappa shape index (κ3) is 6.04. The van der Waals surface area contributed by atoms with Crippen molar-refractivity contribution in [2.24, 2.45) is 28.6 Å². The van der Waals surface area contributed by atoms with Crippen LogP contribution in [0.25, 0.3) is 0 Å². The minimum Gasteiger partial charge on any atom is -0.388 e. The molecule has 3 aliphatic carbocycles. The molecule has 0 aromatic rings. The van der Waals surface area contributed by atoms with E-state index in [0.29, 0.717) is 23.0 Å². The smallest absolute Gasteiger partial charge is 0.138 e. The predicted molar refractivity (Wildman–Crippen MR) is 138 cm³/mol. The van der Waals surface area contributed by atoms with Crippen molar-refractivity contribution in [2.45, 2.75) is 119 Å². The fraction of sp³-hybridized carbons (Fsp3) is 0.767. The average Bonchev–Trinajstić information content (AvgIpc) is 3.11. The Bertz CT molecular complexity index is 720. The van der Waals surface area contributed by atoms with Crippen LogP contribution in [0.3, 0.4) is 0 Å². The molecule has 182 valence electrons. The van der Waals surface area contributed by atoms with Gasteiger partial charge in [-0.3, -0.25) is 4.79 Å². The summed E-state index contributed by atoms with van der Waals surface area (Å²) in [6.07, 6.45) is 15.4. The van der Waals surface area contributed by atoms with Gasteiger partial charge in [-0.2, -0.15) is 0 Å². The van der Waals surface area contributed by atoms with Crippen LogP contribution in [0, 0.1) is 28.6 Å². The Balaban J connectivity index is 0.00000176. The van der Waals surface area contributed by atoms with Gasteiger partial charge < -0.3 is 5.11 Å². The van der Waals surface area contributed by atoms with E-state index < -0.39 is 0 Å². The van der Waals surface area contributed by atoms with Crippen molar-refractivity contribution < 1.29 is 9.90 Å². The highest BCUT2D eigenvalue weighted by molar-refractivity contribution is 5.83. The van der Waals surface area contributed by atoms with E-state index in [4.69, 9.17) is 0 Å². The molecule has 2 nitrogen and oxygen atoms in total. The molecule has 2 heteroatoms. The van der Waals surface area contributed by atoms with Gasteiger partial charge in [0.2, 0.25) is 0 Å². The molecule has 0 heterocycles. The van der Waals surface area contributed by atoms with Gasteiger partial charge in [-0.25, -0.2) is 0 Å². The van der Waals surface area contributed by atoms with E-state index in [-0.39, 0.29) is 11.5 Å². The summed E-state index contributed by atoms with van der Waals surface area (Å²) in [4.78, 5) is 12.4. The Morgan fingerprint density at radius 3 is 2.50 bits per heavy atom. The molecular weight excluding hydrogens is 392 g/mol. The Morgan fingerprint density at radius 2 is 1.84 bits per heavy atom. The van der Waals surface area contributed by atoms with Crippen molar-refractivity contribution >= 4 is 5.78 Å². The zero-order valence-corrected chi connectivity index (χ0v) is 22.1. The minimum absolute atomic E-state index is 0.215. The van der Waals surface area contributed by atoms with Gasteiger partial charge in [0, 0.05) is 11.8 Å². The van der Waals surface area contributed by atoms with Crippen molar-refractivity contribution in [3.05, 3.63) is 35.5 Å². The molecule has 0 saturated heterocycles. The van der Waals surface area contributed by atoms with E-state index in [1.54, 1.807) is 5.57 Å². The lowest BCUT2D eigenvalue weighted by Gasteiger charge is -2.44. The van der Waals surface area contributed by atoms with Crippen molar-refractivity contribution in [3.63, 3.8) is 0 Å². The molecule has 0 aromatic carbocycles. The summed E-state index contributed by atoms with van der Waals surface area (Å²) in [5.41, 5.74) is 3.95. The summed E-state index contributed by atoms with van der Waals surface area (Å²) in [7, 11) is 0. The highest BCUT2D eigenvalue weighted by Crippen LogP contribution is 2.60. The number of allylic oxidation sites excluding steroid dienone is 3. The number of aliphatic hydroxyl groups excluding tert-OH is 1. The monoisotopic (exact) mass is 442 g/mol. The van der Waals surface area contributed by atoms with E-state index in [1.165, 1.54) is 37.7 Å². The van der Waals surface area contributed by atoms with Crippen LogP contribution >= 0.6 is 0 Å². The van der Waals surface area contributed by atoms with Gasteiger partial charge >= 0.3 is 0 Å². The topological polar surface area (TPSA) is 37.3 Å². The third-order valence-corrected chi connectivity index (χ3v) is 8.63. The van der Waals surface area contributed by atoms with Crippen LogP contribution in [0.5, 0.6) is 0 Å². The van der Waals surface area contributed by atoms with Gasteiger partial charge in [0.1, 0.15) is 5.78 Å². The number of aliphatic hydroxyl groups is 1. The van der Waals surface area contributed by atoms with Gasteiger partial charge in [-0.1, -0.05) is 72.8 Å². The van der Waals surface area contributed by atoms with Gasteiger partial charge in [-0.05, 0) is 92.1 Å². The number of ketones is 1. The molecule has 5 atom stereocenters. The molecule has 1 unspecified atom stereocenters. The first-order valence-electron chi connectivity index (χ1n) is 13.3. The number of hydrogen-bond acceptors (Lipinski definition) is 2. The lowest BCUT2D eigenvalue weighted by Crippen LogP contribution is -2.36. The van der Waals surface area contributed by atoms with Crippen LogP contribution in [0.4, 0.5) is 0 Å². The Morgan fingerprint density at radius 1 is 1.16 bits per heavy atom. The van der Waals surface area contributed by atoms with Crippen LogP contribution in [-0.2, 0) is 4.79 Å². The van der Waals surface area contributed by atoms with E-state index in [9.17, 15) is 9.90 Å². The summed E-state index contributed by atoms with van der Waals surface area (Å²) in [5, 5.41) is 10.1. The first-order valence-corrected chi connectivity index (χ1v) is 13.3. The highest BCUT2D eigenvalue weighted by Gasteiger charge is 2.50. The molecule has 32 heavy (non-hydrogen) atoms. The fourth-order valence-corrected chi connectivity index (χ4v) is 6.58. The predicted octanol–water partition coefficient (Wildman–Crippen LogP) is 8.21. The third-order valence-electron chi connectivity index (χ3n) is 8.63. The zero-order chi connectivity index (χ0) is 24.1. The molecule has 0 aliphatic heterocycles. The maximum Gasteiger partial charge on any atom is 0.138 e. The molecule has 3 rings (SSSR count). The Hall–Kier alpha value is -1.15. The molecule has 0 aromatic heterocycles. The van der Waals surface area contributed by atoms with Crippen LogP contribution in [0.2, 0.25) is 0 Å².